The second-order valence-corrected chi connectivity index (χ2v) is 6.09. The van der Waals surface area contributed by atoms with Crippen LogP contribution in [0.25, 0.3) is 0 Å². The maximum absolute atomic E-state index is 5.40. The van der Waals surface area contributed by atoms with Crippen molar-refractivity contribution in [2.24, 2.45) is 5.92 Å². The molecule has 1 aliphatic rings. The number of methoxy groups -OCH3 is 1. The van der Waals surface area contributed by atoms with E-state index in [1.807, 2.05) is 6.07 Å². The van der Waals surface area contributed by atoms with E-state index in [2.05, 4.69) is 44.0 Å². The van der Waals surface area contributed by atoms with Crippen LogP contribution in [0, 0.1) is 5.92 Å². The molecule has 0 aliphatic carbocycles. The molecule has 0 saturated carbocycles. The van der Waals surface area contributed by atoms with Crippen LogP contribution in [0.1, 0.15) is 23.2 Å². The molecule has 1 atom stereocenters. The molecule has 17 heavy (non-hydrogen) atoms. The molecule has 1 aromatic carbocycles. The highest BCUT2D eigenvalue weighted by Crippen LogP contribution is 2.39. The maximum Gasteiger partial charge on any atom is 0.133 e. The second-order valence-electron chi connectivity index (χ2n) is 4.25. The average molecular weight is 364 g/mol. The molecule has 4 heteroatoms. The predicted molar refractivity (Wildman–Crippen MR) is 75.9 cm³/mol. The summed E-state index contributed by atoms with van der Waals surface area (Å²) in [6.07, 6.45) is 2.25. The van der Waals surface area contributed by atoms with Crippen LogP contribution >= 0.6 is 31.9 Å². The van der Waals surface area contributed by atoms with Crippen LogP contribution in [0.5, 0.6) is 5.75 Å². The van der Waals surface area contributed by atoms with Crippen molar-refractivity contribution in [1.82, 2.24) is 0 Å². The molecule has 1 fully saturated rings. The zero-order chi connectivity index (χ0) is 12.3. The van der Waals surface area contributed by atoms with E-state index in [1.165, 1.54) is 5.56 Å². The Morgan fingerprint density at radius 3 is 2.65 bits per heavy atom. The van der Waals surface area contributed by atoms with Crippen LogP contribution in [0.2, 0.25) is 0 Å². The zero-order valence-electron chi connectivity index (χ0n) is 9.79. The standard InChI is InChI=1S/C13H16Br2O2/c1-16-12-3-2-10(8-11(12)14)13(15)9-4-6-17-7-5-9/h2-3,8-9,13H,4-7H2,1H3. The highest BCUT2D eigenvalue weighted by molar-refractivity contribution is 9.10. The van der Waals surface area contributed by atoms with Crippen molar-refractivity contribution in [2.45, 2.75) is 17.7 Å². The lowest BCUT2D eigenvalue weighted by Crippen LogP contribution is -2.19. The van der Waals surface area contributed by atoms with Gasteiger partial charge in [0.25, 0.3) is 0 Å². The van der Waals surface area contributed by atoms with Crippen molar-refractivity contribution in [3.63, 3.8) is 0 Å². The van der Waals surface area contributed by atoms with Crippen molar-refractivity contribution in [3.8, 4) is 5.75 Å². The third-order valence-corrected chi connectivity index (χ3v) is 5.07. The monoisotopic (exact) mass is 362 g/mol. The Bertz CT molecular complexity index is 376. The van der Waals surface area contributed by atoms with Gasteiger partial charge in [0.05, 0.1) is 11.6 Å². The molecule has 0 radical (unpaired) electrons. The fraction of sp³-hybridized carbons (Fsp3) is 0.538. The summed E-state index contributed by atoms with van der Waals surface area (Å²) in [6, 6.07) is 6.26. The van der Waals surface area contributed by atoms with Crippen LogP contribution in [-0.4, -0.2) is 20.3 Å². The van der Waals surface area contributed by atoms with Gasteiger partial charge in [0.2, 0.25) is 0 Å². The van der Waals surface area contributed by atoms with Crippen molar-refractivity contribution >= 4 is 31.9 Å². The largest absolute Gasteiger partial charge is 0.496 e. The fourth-order valence-electron chi connectivity index (χ4n) is 2.13. The lowest BCUT2D eigenvalue weighted by molar-refractivity contribution is 0.0662. The Kier molecular flexibility index (Phi) is 4.88. The third kappa shape index (κ3) is 3.24. The lowest BCUT2D eigenvalue weighted by atomic mass is 9.92. The first kappa shape index (κ1) is 13.4. The summed E-state index contributed by atoms with van der Waals surface area (Å²) < 4.78 is 11.6. The van der Waals surface area contributed by atoms with Gasteiger partial charge in [-0.25, -0.2) is 0 Å². The molecule has 2 rings (SSSR count). The number of benzene rings is 1. The van der Waals surface area contributed by atoms with Crippen molar-refractivity contribution < 1.29 is 9.47 Å². The average Bonchev–Trinajstić information content (AvgIpc) is 2.39. The molecule has 0 spiro atoms. The summed E-state index contributed by atoms with van der Waals surface area (Å²) in [7, 11) is 1.68. The normalized spacial score (nSPS) is 19.0. The number of alkyl halides is 1. The molecule has 94 valence electrons. The molecule has 0 bridgehead atoms. The van der Waals surface area contributed by atoms with E-state index >= 15 is 0 Å². The van der Waals surface area contributed by atoms with Crippen molar-refractivity contribution in [2.75, 3.05) is 20.3 Å². The van der Waals surface area contributed by atoms with Gasteiger partial charge in [0.1, 0.15) is 5.75 Å². The molecule has 1 unspecified atom stereocenters. The second kappa shape index (κ2) is 6.21. The van der Waals surface area contributed by atoms with Crippen LogP contribution in [0.4, 0.5) is 0 Å². The van der Waals surface area contributed by atoms with Gasteiger partial charge in [-0.05, 0) is 52.4 Å². The van der Waals surface area contributed by atoms with Gasteiger partial charge in [0.15, 0.2) is 0 Å². The highest BCUT2D eigenvalue weighted by atomic mass is 79.9. The van der Waals surface area contributed by atoms with E-state index < -0.39 is 0 Å². The van der Waals surface area contributed by atoms with E-state index in [0.717, 1.165) is 36.3 Å². The molecule has 1 aromatic rings. The Hall–Kier alpha value is -0.0600. The van der Waals surface area contributed by atoms with Gasteiger partial charge in [-0.2, -0.15) is 0 Å². The summed E-state index contributed by atoms with van der Waals surface area (Å²) >= 11 is 7.34. The quantitative estimate of drug-likeness (QED) is 0.744. The molecule has 0 N–H and O–H groups in total. The van der Waals surface area contributed by atoms with Crippen LogP contribution < -0.4 is 4.74 Å². The number of ether oxygens (including phenoxy) is 2. The van der Waals surface area contributed by atoms with E-state index in [4.69, 9.17) is 9.47 Å². The first-order valence-corrected chi connectivity index (χ1v) is 7.48. The minimum Gasteiger partial charge on any atom is -0.496 e. The Morgan fingerprint density at radius 2 is 2.06 bits per heavy atom. The van der Waals surface area contributed by atoms with E-state index in [9.17, 15) is 0 Å². The summed E-state index contributed by atoms with van der Waals surface area (Å²) in [4.78, 5) is 0.397. The Labute approximate surface area is 119 Å². The predicted octanol–water partition coefficient (Wildman–Crippen LogP) is 4.32. The lowest BCUT2D eigenvalue weighted by Gasteiger charge is -2.27. The van der Waals surface area contributed by atoms with Gasteiger partial charge in [0, 0.05) is 18.0 Å². The molecule has 2 nitrogen and oxygen atoms in total. The first-order valence-electron chi connectivity index (χ1n) is 5.77. The van der Waals surface area contributed by atoms with Gasteiger partial charge < -0.3 is 9.47 Å². The van der Waals surface area contributed by atoms with Crippen molar-refractivity contribution in [3.05, 3.63) is 28.2 Å². The van der Waals surface area contributed by atoms with Crippen LogP contribution in [-0.2, 0) is 4.74 Å². The van der Waals surface area contributed by atoms with Crippen LogP contribution in [0.15, 0.2) is 22.7 Å². The molecular weight excluding hydrogens is 348 g/mol. The van der Waals surface area contributed by atoms with Gasteiger partial charge in [-0.3, -0.25) is 0 Å². The number of rotatable bonds is 3. The topological polar surface area (TPSA) is 18.5 Å². The van der Waals surface area contributed by atoms with E-state index in [0.29, 0.717) is 10.7 Å². The minimum absolute atomic E-state index is 0.397. The SMILES string of the molecule is COc1ccc(C(Br)C2CCOCC2)cc1Br. The van der Waals surface area contributed by atoms with Gasteiger partial charge in [-0.1, -0.05) is 22.0 Å². The van der Waals surface area contributed by atoms with E-state index in [-0.39, 0.29) is 0 Å². The summed E-state index contributed by atoms with van der Waals surface area (Å²) in [5.41, 5.74) is 1.30. The third-order valence-electron chi connectivity index (χ3n) is 3.17. The molecule has 0 amide bonds. The van der Waals surface area contributed by atoms with Crippen LogP contribution in [0.3, 0.4) is 0 Å². The summed E-state index contributed by atoms with van der Waals surface area (Å²) in [6.45, 7) is 1.76. The minimum atomic E-state index is 0.397. The molecule has 1 heterocycles. The van der Waals surface area contributed by atoms with Gasteiger partial charge >= 0.3 is 0 Å². The molecule has 0 aromatic heterocycles. The van der Waals surface area contributed by atoms with E-state index in [1.54, 1.807) is 7.11 Å². The highest BCUT2D eigenvalue weighted by Gasteiger charge is 2.23. The molecular formula is C13H16Br2O2. The molecule has 1 aliphatic heterocycles. The zero-order valence-corrected chi connectivity index (χ0v) is 13.0. The smallest absolute Gasteiger partial charge is 0.133 e. The van der Waals surface area contributed by atoms with Gasteiger partial charge in [-0.15, -0.1) is 0 Å². The number of hydrogen-bond acceptors (Lipinski definition) is 2. The first-order chi connectivity index (χ1) is 8.22. The summed E-state index contributed by atoms with van der Waals surface area (Å²) in [5.74, 6) is 1.53. The number of hydrogen-bond donors (Lipinski definition) is 0. The fourth-order valence-corrected chi connectivity index (χ4v) is 3.51. The maximum atomic E-state index is 5.40. The molecule has 1 saturated heterocycles. The Morgan fingerprint density at radius 1 is 1.35 bits per heavy atom. The number of halogens is 2. The van der Waals surface area contributed by atoms with Crippen molar-refractivity contribution in [1.29, 1.82) is 0 Å². The Balaban J connectivity index is 2.12. The summed E-state index contributed by atoms with van der Waals surface area (Å²) in [5, 5.41) is 0.